The molecule has 1 atom stereocenters. The van der Waals surface area contributed by atoms with Crippen molar-refractivity contribution in [3.05, 3.63) is 0 Å². The second-order valence-corrected chi connectivity index (χ2v) is 4.27. The summed E-state index contributed by atoms with van der Waals surface area (Å²) in [6.07, 6.45) is 7.72. The lowest BCUT2D eigenvalue weighted by Gasteiger charge is -2.38. The van der Waals surface area contributed by atoms with E-state index in [2.05, 4.69) is 24.7 Å². The molecule has 2 heteroatoms. The van der Waals surface area contributed by atoms with Crippen LogP contribution in [0.1, 0.15) is 33.1 Å². The van der Waals surface area contributed by atoms with Crippen LogP contribution in [0.2, 0.25) is 0 Å². The molecular weight excluding hydrogens is 162 g/mol. The van der Waals surface area contributed by atoms with Gasteiger partial charge in [0.15, 0.2) is 0 Å². The molecule has 0 radical (unpaired) electrons. The molecule has 1 fully saturated rings. The van der Waals surface area contributed by atoms with Crippen LogP contribution in [0.15, 0.2) is 0 Å². The molecule has 13 heavy (non-hydrogen) atoms. The van der Waals surface area contributed by atoms with Crippen LogP contribution in [-0.4, -0.2) is 34.7 Å². The molecule has 0 spiro atoms. The number of hydrogen-bond donors (Lipinski definition) is 1. The van der Waals surface area contributed by atoms with Gasteiger partial charge in [-0.3, -0.25) is 4.90 Å². The summed E-state index contributed by atoms with van der Waals surface area (Å²) < 4.78 is 0. The van der Waals surface area contributed by atoms with Crippen molar-refractivity contribution in [3.8, 4) is 12.3 Å². The minimum absolute atomic E-state index is 0.164. The Morgan fingerprint density at radius 1 is 1.46 bits per heavy atom. The van der Waals surface area contributed by atoms with Gasteiger partial charge in [0.1, 0.15) is 0 Å². The Balaban J connectivity index is 2.57. The molecule has 0 amide bonds. The zero-order valence-corrected chi connectivity index (χ0v) is 8.58. The van der Waals surface area contributed by atoms with Gasteiger partial charge in [0.05, 0.1) is 6.10 Å². The van der Waals surface area contributed by atoms with Crippen molar-refractivity contribution in [1.82, 2.24) is 4.90 Å². The summed E-state index contributed by atoms with van der Waals surface area (Å²) in [6, 6.07) is 0. The molecule has 0 aromatic carbocycles. The fraction of sp³-hybridized carbons (Fsp3) is 0.818. The van der Waals surface area contributed by atoms with Gasteiger partial charge in [-0.05, 0) is 39.8 Å². The van der Waals surface area contributed by atoms with Gasteiger partial charge in [0, 0.05) is 12.0 Å². The maximum Gasteiger partial charge on any atom is 0.0827 e. The van der Waals surface area contributed by atoms with E-state index < -0.39 is 6.10 Å². The van der Waals surface area contributed by atoms with E-state index >= 15 is 0 Å². The predicted octanol–water partition coefficient (Wildman–Crippen LogP) is 1.24. The quantitative estimate of drug-likeness (QED) is 0.662. The maximum atomic E-state index is 9.85. The molecule has 1 rings (SSSR count). The van der Waals surface area contributed by atoms with Crippen LogP contribution in [0.3, 0.4) is 0 Å². The normalized spacial score (nSPS) is 21.4. The third kappa shape index (κ3) is 2.24. The van der Waals surface area contributed by atoms with Crippen molar-refractivity contribution in [2.24, 2.45) is 0 Å². The Hall–Kier alpha value is -0.520. The van der Waals surface area contributed by atoms with E-state index in [9.17, 15) is 5.11 Å². The number of terminal acetylenes is 1. The number of hydrogen-bond acceptors (Lipinski definition) is 2. The zero-order chi connectivity index (χ0) is 9.90. The van der Waals surface area contributed by atoms with E-state index in [1.807, 2.05) is 0 Å². The smallest absolute Gasteiger partial charge is 0.0827 e. The Labute approximate surface area is 80.9 Å². The topological polar surface area (TPSA) is 23.5 Å². The number of likely N-dealkylation sites (tertiary alicyclic amines) is 1. The first kappa shape index (κ1) is 10.6. The van der Waals surface area contributed by atoms with Crippen molar-refractivity contribution < 1.29 is 5.11 Å². The van der Waals surface area contributed by atoms with Crippen molar-refractivity contribution in [1.29, 1.82) is 0 Å². The van der Waals surface area contributed by atoms with E-state index in [1.54, 1.807) is 0 Å². The summed E-state index contributed by atoms with van der Waals surface area (Å²) in [4.78, 5) is 2.33. The second kappa shape index (κ2) is 4.13. The van der Waals surface area contributed by atoms with Crippen LogP contribution in [-0.2, 0) is 0 Å². The zero-order valence-electron chi connectivity index (χ0n) is 8.58. The van der Waals surface area contributed by atoms with E-state index in [1.165, 1.54) is 12.8 Å². The van der Waals surface area contributed by atoms with Crippen molar-refractivity contribution in [3.63, 3.8) is 0 Å². The monoisotopic (exact) mass is 181 g/mol. The summed E-state index contributed by atoms with van der Waals surface area (Å²) >= 11 is 0. The Morgan fingerprint density at radius 2 is 2.00 bits per heavy atom. The Kier molecular flexibility index (Phi) is 3.35. The first-order valence-electron chi connectivity index (χ1n) is 4.95. The van der Waals surface area contributed by atoms with Gasteiger partial charge in [0.2, 0.25) is 0 Å². The maximum absolute atomic E-state index is 9.85. The number of rotatable bonds is 3. The van der Waals surface area contributed by atoms with E-state index in [0.29, 0.717) is 6.42 Å². The highest BCUT2D eigenvalue weighted by atomic mass is 16.3. The van der Waals surface area contributed by atoms with Gasteiger partial charge in [-0.15, -0.1) is 12.3 Å². The molecule has 1 unspecified atom stereocenters. The minimum atomic E-state index is -0.407. The minimum Gasteiger partial charge on any atom is -0.390 e. The van der Waals surface area contributed by atoms with Crippen molar-refractivity contribution in [2.45, 2.75) is 44.8 Å². The molecule has 0 aromatic heterocycles. The Bertz CT molecular complexity index is 199. The molecular formula is C11H19NO. The SMILES string of the molecule is C#CCC(O)C(C)(C)N1CCCC1. The first-order valence-corrected chi connectivity index (χ1v) is 4.95. The van der Waals surface area contributed by atoms with Crippen molar-refractivity contribution >= 4 is 0 Å². The van der Waals surface area contributed by atoms with Gasteiger partial charge < -0.3 is 5.11 Å². The standard InChI is InChI=1S/C11H19NO/c1-4-7-10(13)11(2,3)12-8-5-6-9-12/h1,10,13H,5-9H2,2-3H3. The van der Waals surface area contributed by atoms with Gasteiger partial charge in [0.25, 0.3) is 0 Å². The highest BCUT2D eigenvalue weighted by Gasteiger charge is 2.34. The molecule has 2 nitrogen and oxygen atoms in total. The highest BCUT2D eigenvalue weighted by molar-refractivity contribution is 4.98. The van der Waals surface area contributed by atoms with Gasteiger partial charge in [-0.2, -0.15) is 0 Å². The lowest BCUT2D eigenvalue weighted by atomic mass is 9.93. The van der Waals surface area contributed by atoms with E-state index in [4.69, 9.17) is 6.42 Å². The number of nitrogens with zero attached hydrogens (tertiary/aromatic N) is 1. The number of aliphatic hydroxyl groups excluding tert-OH is 1. The first-order chi connectivity index (χ1) is 6.09. The highest BCUT2D eigenvalue weighted by Crippen LogP contribution is 2.25. The fourth-order valence-electron chi connectivity index (χ4n) is 1.87. The van der Waals surface area contributed by atoms with Crippen LogP contribution >= 0.6 is 0 Å². The molecule has 1 N–H and O–H groups in total. The van der Waals surface area contributed by atoms with Crippen LogP contribution in [0.5, 0.6) is 0 Å². The van der Waals surface area contributed by atoms with Gasteiger partial charge in [-0.1, -0.05) is 0 Å². The molecule has 0 aromatic rings. The lowest BCUT2D eigenvalue weighted by Crippen LogP contribution is -2.50. The molecule has 1 aliphatic rings. The van der Waals surface area contributed by atoms with Crippen LogP contribution in [0, 0.1) is 12.3 Å². The molecule has 0 aliphatic carbocycles. The third-order valence-corrected chi connectivity index (χ3v) is 3.05. The Morgan fingerprint density at radius 3 is 2.46 bits per heavy atom. The summed E-state index contributed by atoms with van der Waals surface area (Å²) in [5, 5.41) is 9.85. The van der Waals surface area contributed by atoms with Crippen molar-refractivity contribution in [2.75, 3.05) is 13.1 Å². The predicted molar refractivity (Wildman–Crippen MR) is 54.3 cm³/mol. The summed E-state index contributed by atoms with van der Waals surface area (Å²) in [5.41, 5.74) is -0.164. The van der Waals surface area contributed by atoms with E-state index in [-0.39, 0.29) is 5.54 Å². The summed E-state index contributed by atoms with van der Waals surface area (Å²) in [7, 11) is 0. The van der Waals surface area contributed by atoms with E-state index in [0.717, 1.165) is 13.1 Å². The van der Waals surface area contributed by atoms with Gasteiger partial charge in [-0.25, -0.2) is 0 Å². The number of aliphatic hydroxyl groups is 1. The third-order valence-electron chi connectivity index (χ3n) is 3.05. The average Bonchev–Trinajstić information content (AvgIpc) is 2.56. The second-order valence-electron chi connectivity index (χ2n) is 4.27. The molecule has 0 saturated carbocycles. The molecule has 1 heterocycles. The summed E-state index contributed by atoms with van der Waals surface area (Å²) in [6.45, 7) is 6.32. The molecule has 1 saturated heterocycles. The molecule has 74 valence electrons. The van der Waals surface area contributed by atoms with Crippen LogP contribution in [0.25, 0.3) is 0 Å². The summed E-state index contributed by atoms with van der Waals surface area (Å²) in [5.74, 6) is 2.52. The van der Waals surface area contributed by atoms with Crippen LogP contribution in [0.4, 0.5) is 0 Å². The fourth-order valence-corrected chi connectivity index (χ4v) is 1.87. The lowest BCUT2D eigenvalue weighted by molar-refractivity contribution is 0.00619. The van der Waals surface area contributed by atoms with Gasteiger partial charge >= 0.3 is 0 Å². The largest absolute Gasteiger partial charge is 0.390 e. The molecule has 0 bridgehead atoms. The average molecular weight is 181 g/mol. The van der Waals surface area contributed by atoms with Crippen LogP contribution < -0.4 is 0 Å². The molecule has 1 aliphatic heterocycles.